The molecule has 0 heterocycles. The lowest BCUT2D eigenvalue weighted by atomic mass is 10.1. The van der Waals surface area contributed by atoms with Gasteiger partial charge in [0.25, 0.3) is 0 Å². The average molecular weight is 257 g/mol. The van der Waals surface area contributed by atoms with E-state index in [0.29, 0.717) is 19.4 Å². The van der Waals surface area contributed by atoms with E-state index in [9.17, 15) is 9.59 Å². The van der Waals surface area contributed by atoms with Gasteiger partial charge in [0.15, 0.2) is 0 Å². The summed E-state index contributed by atoms with van der Waals surface area (Å²) in [4.78, 5) is 24.4. The summed E-state index contributed by atoms with van der Waals surface area (Å²) in [6, 6.07) is -0.190. The second-order valence-corrected chi connectivity index (χ2v) is 5.10. The van der Waals surface area contributed by atoms with Crippen LogP contribution in [0.1, 0.15) is 25.7 Å². The van der Waals surface area contributed by atoms with Gasteiger partial charge in [-0.3, -0.25) is 4.79 Å². The fourth-order valence-corrected chi connectivity index (χ4v) is 2.17. The van der Waals surface area contributed by atoms with E-state index in [1.165, 1.54) is 0 Å². The van der Waals surface area contributed by atoms with Crippen LogP contribution in [0.5, 0.6) is 0 Å². The van der Waals surface area contributed by atoms with Crippen LogP contribution in [0, 0.1) is 5.92 Å². The highest BCUT2D eigenvalue weighted by molar-refractivity contribution is 5.75. The van der Waals surface area contributed by atoms with Crippen molar-refractivity contribution in [3.8, 4) is 0 Å². The summed E-state index contributed by atoms with van der Waals surface area (Å²) in [7, 11) is 3.98. The van der Waals surface area contributed by atoms with E-state index in [4.69, 9.17) is 5.11 Å². The molecule has 18 heavy (non-hydrogen) atoms. The van der Waals surface area contributed by atoms with E-state index in [1.807, 2.05) is 14.1 Å². The van der Waals surface area contributed by atoms with Gasteiger partial charge in [-0.05, 0) is 46.3 Å². The van der Waals surface area contributed by atoms with Gasteiger partial charge in [-0.15, -0.1) is 0 Å². The van der Waals surface area contributed by atoms with Crippen molar-refractivity contribution in [2.45, 2.75) is 31.7 Å². The number of nitrogens with zero attached hydrogens (tertiary/aromatic N) is 1. The average Bonchev–Trinajstić information content (AvgIpc) is 2.72. The van der Waals surface area contributed by atoms with Gasteiger partial charge in [-0.2, -0.15) is 0 Å². The van der Waals surface area contributed by atoms with E-state index in [-0.39, 0.29) is 18.0 Å². The summed E-state index contributed by atoms with van der Waals surface area (Å²) in [6.07, 6.45) is 2.85. The van der Waals surface area contributed by atoms with E-state index >= 15 is 0 Å². The first-order chi connectivity index (χ1) is 8.49. The predicted molar refractivity (Wildman–Crippen MR) is 68.5 cm³/mol. The van der Waals surface area contributed by atoms with Crippen molar-refractivity contribution in [2.24, 2.45) is 5.92 Å². The highest BCUT2D eigenvalue weighted by Gasteiger charge is 2.30. The second-order valence-electron chi connectivity index (χ2n) is 5.10. The lowest BCUT2D eigenvalue weighted by molar-refractivity contribution is -0.141. The van der Waals surface area contributed by atoms with Crippen molar-refractivity contribution in [3.05, 3.63) is 0 Å². The molecule has 1 aliphatic rings. The number of carboxylic acids is 1. The third-order valence-electron chi connectivity index (χ3n) is 3.18. The number of urea groups is 1. The fraction of sp³-hybridized carbons (Fsp3) is 0.833. The Morgan fingerprint density at radius 1 is 1.33 bits per heavy atom. The highest BCUT2D eigenvalue weighted by Crippen LogP contribution is 2.25. The molecule has 0 aromatic carbocycles. The summed E-state index contributed by atoms with van der Waals surface area (Å²) < 4.78 is 0. The fourth-order valence-electron chi connectivity index (χ4n) is 2.17. The van der Waals surface area contributed by atoms with E-state index in [2.05, 4.69) is 15.5 Å². The Balaban J connectivity index is 2.12. The Morgan fingerprint density at radius 3 is 2.61 bits per heavy atom. The van der Waals surface area contributed by atoms with Gasteiger partial charge in [0.05, 0.1) is 5.92 Å². The van der Waals surface area contributed by atoms with Gasteiger partial charge in [0.1, 0.15) is 0 Å². The lowest BCUT2D eigenvalue weighted by Gasteiger charge is -2.14. The molecule has 0 aromatic heterocycles. The Morgan fingerprint density at radius 2 is 2.06 bits per heavy atom. The van der Waals surface area contributed by atoms with Crippen LogP contribution in [-0.2, 0) is 4.79 Å². The number of amides is 2. The van der Waals surface area contributed by atoms with Crippen molar-refractivity contribution in [1.82, 2.24) is 15.5 Å². The number of hydrogen-bond acceptors (Lipinski definition) is 3. The van der Waals surface area contributed by atoms with Gasteiger partial charge in [0.2, 0.25) is 0 Å². The highest BCUT2D eigenvalue weighted by atomic mass is 16.4. The van der Waals surface area contributed by atoms with Crippen LogP contribution >= 0.6 is 0 Å². The maximum atomic E-state index is 11.5. The lowest BCUT2D eigenvalue weighted by Crippen LogP contribution is -2.41. The maximum Gasteiger partial charge on any atom is 0.315 e. The molecule has 1 fully saturated rings. The second kappa shape index (κ2) is 7.20. The predicted octanol–water partition coefficient (Wildman–Crippen LogP) is 0.491. The smallest absolute Gasteiger partial charge is 0.315 e. The SMILES string of the molecule is CN(C)CCCNC(=O)NC1CCC(C(=O)O)C1. The molecule has 104 valence electrons. The maximum absolute atomic E-state index is 11.5. The molecular weight excluding hydrogens is 234 g/mol. The monoisotopic (exact) mass is 257 g/mol. The first-order valence-electron chi connectivity index (χ1n) is 6.41. The summed E-state index contributed by atoms with van der Waals surface area (Å²) in [5.41, 5.74) is 0. The van der Waals surface area contributed by atoms with Crippen molar-refractivity contribution in [3.63, 3.8) is 0 Å². The number of hydrogen-bond donors (Lipinski definition) is 3. The van der Waals surface area contributed by atoms with Crippen molar-refractivity contribution >= 4 is 12.0 Å². The minimum atomic E-state index is -0.759. The third-order valence-corrected chi connectivity index (χ3v) is 3.18. The van der Waals surface area contributed by atoms with Crippen LogP contribution in [0.2, 0.25) is 0 Å². The number of carbonyl (C=O) groups excluding carboxylic acids is 1. The first-order valence-corrected chi connectivity index (χ1v) is 6.41. The normalized spacial score (nSPS) is 23.1. The van der Waals surface area contributed by atoms with E-state index in [0.717, 1.165) is 19.4 Å². The molecule has 0 radical (unpaired) electrons. The summed E-state index contributed by atoms with van der Waals surface area (Å²) in [6.45, 7) is 1.57. The molecule has 6 nitrogen and oxygen atoms in total. The molecule has 1 aliphatic carbocycles. The molecule has 0 aliphatic heterocycles. The molecular formula is C12H23N3O3. The number of aliphatic carboxylic acids is 1. The van der Waals surface area contributed by atoms with Crippen LogP contribution in [0.25, 0.3) is 0 Å². The Labute approximate surface area is 108 Å². The summed E-state index contributed by atoms with van der Waals surface area (Å²) in [5, 5.41) is 14.5. The number of carbonyl (C=O) groups is 2. The zero-order valence-electron chi connectivity index (χ0n) is 11.1. The quantitative estimate of drug-likeness (QED) is 0.605. The van der Waals surface area contributed by atoms with Crippen LogP contribution < -0.4 is 10.6 Å². The van der Waals surface area contributed by atoms with E-state index < -0.39 is 5.97 Å². The van der Waals surface area contributed by atoms with Crippen molar-refractivity contribution in [2.75, 3.05) is 27.2 Å². The molecule has 0 aromatic rings. The molecule has 6 heteroatoms. The molecule has 2 atom stereocenters. The van der Waals surface area contributed by atoms with Crippen LogP contribution in [0.15, 0.2) is 0 Å². The minimum absolute atomic E-state index is 0.0000475. The summed E-state index contributed by atoms with van der Waals surface area (Å²) >= 11 is 0. The Bertz CT molecular complexity index is 294. The molecule has 1 saturated carbocycles. The number of rotatable bonds is 6. The Kier molecular flexibility index (Phi) is 5.91. The topological polar surface area (TPSA) is 81.7 Å². The number of nitrogens with one attached hydrogen (secondary N) is 2. The van der Waals surface area contributed by atoms with Crippen LogP contribution in [0.3, 0.4) is 0 Å². The van der Waals surface area contributed by atoms with Gasteiger partial charge >= 0.3 is 12.0 Å². The molecule has 1 rings (SSSR count). The Hall–Kier alpha value is -1.30. The van der Waals surface area contributed by atoms with Crippen LogP contribution in [0.4, 0.5) is 4.79 Å². The molecule has 0 spiro atoms. The standard InChI is InChI=1S/C12H23N3O3/c1-15(2)7-3-6-13-12(18)14-10-5-4-9(8-10)11(16)17/h9-10H,3-8H2,1-2H3,(H,16,17)(H2,13,14,18). The molecule has 2 unspecified atom stereocenters. The molecule has 3 N–H and O–H groups in total. The first kappa shape index (κ1) is 14.8. The largest absolute Gasteiger partial charge is 0.481 e. The zero-order chi connectivity index (χ0) is 13.5. The summed E-state index contributed by atoms with van der Waals surface area (Å²) in [5.74, 6) is -1.06. The van der Waals surface area contributed by atoms with E-state index in [1.54, 1.807) is 0 Å². The zero-order valence-corrected chi connectivity index (χ0v) is 11.1. The van der Waals surface area contributed by atoms with Crippen molar-refractivity contribution < 1.29 is 14.7 Å². The van der Waals surface area contributed by atoms with Crippen molar-refractivity contribution in [1.29, 1.82) is 0 Å². The molecule has 0 saturated heterocycles. The van der Waals surface area contributed by atoms with Gasteiger partial charge in [-0.25, -0.2) is 4.79 Å². The van der Waals surface area contributed by atoms with Crippen LogP contribution in [-0.4, -0.2) is 55.2 Å². The van der Waals surface area contributed by atoms with Gasteiger partial charge in [0, 0.05) is 12.6 Å². The van der Waals surface area contributed by atoms with Gasteiger partial charge < -0.3 is 20.6 Å². The third kappa shape index (κ3) is 5.35. The number of carboxylic acid groups (broad SMARTS) is 1. The minimum Gasteiger partial charge on any atom is -0.481 e. The molecule has 2 amide bonds. The van der Waals surface area contributed by atoms with Gasteiger partial charge in [-0.1, -0.05) is 0 Å². The molecule has 0 bridgehead atoms.